The van der Waals surface area contributed by atoms with Crippen molar-refractivity contribution in [2.45, 2.75) is 26.5 Å². The number of nitrogens with one attached hydrogen (secondary N) is 1. The molecule has 3 nitrogen and oxygen atoms in total. The average molecular weight is 223 g/mol. The van der Waals surface area contributed by atoms with Gasteiger partial charge >= 0.3 is 0 Å². The molecule has 16 heavy (non-hydrogen) atoms. The Hall–Kier alpha value is -0.900. The lowest BCUT2D eigenvalue weighted by Gasteiger charge is -2.09. The third-order valence-corrected chi connectivity index (χ3v) is 2.08. The van der Waals surface area contributed by atoms with Gasteiger partial charge in [-0.1, -0.05) is 44.2 Å². The molecule has 0 radical (unpaired) electrons. The lowest BCUT2D eigenvalue weighted by Crippen LogP contribution is -2.26. The van der Waals surface area contributed by atoms with Gasteiger partial charge in [0, 0.05) is 12.6 Å². The largest absolute Gasteiger partial charge is 0.354 e. The predicted octanol–water partition coefficient (Wildman–Crippen LogP) is 2.18. The molecule has 0 aromatic heterocycles. The second-order valence-electron chi connectivity index (χ2n) is 3.97. The second kappa shape index (κ2) is 8.28. The molecule has 0 amide bonds. The van der Waals surface area contributed by atoms with Gasteiger partial charge in [-0.05, 0) is 5.56 Å². The van der Waals surface area contributed by atoms with Crippen LogP contribution in [0.5, 0.6) is 0 Å². The Morgan fingerprint density at radius 3 is 2.56 bits per heavy atom. The Balaban J connectivity index is 1.93. The summed E-state index contributed by atoms with van der Waals surface area (Å²) in [6.45, 7) is 6.75. The molecule has 0 fully saturated rings. The van der Waals surface area contributed by atoms with Crippen LogP contribution in [0, 0.1) is 0 Å². The van der Waals surface area contributed by atoms with Crippen molar-refractivity contribution >= 4 is 0 Å². The Bertz CT molecular complexity index is 262. The Morgan fingerprint density at radius 1 is 1.12 bits per heavy atom. The SMILES string of the molecule is CC(C)NCCOCOCc1ccccc1. The van der Waals surface area contributed by atoms with Crippen molar-refractivity contribution in [1.29, 1.82) is 0 Å². The van der Waals surface area contributed by atoms with Gasteiger partial charge < -0.3 is 14.8 Å². The Labute approximate surface area is 97.8 Å². The van der Waals surface area contributed by atoms with Crippen molar-refractivity contribution in [2.24, 2.45) is 0 Å². The molecule has 0 heterocycles. The molecule has 1 aromatic rings. The van der Waals surface area contributed by atoms with E-state index < -0.39 is 0 Å². The minimum atomic E-state index is 0.356. The lowest BCUT2D eigenvalue weighted by molar-refractivity contribution is -0.0604. The topological polar surface area (TPSA) is 30.5 Å². The normalized spacial score (nSPS) is 10.9. The maximum Gasteiger partial charge on any atom is 0.147 e. The Morgan fingerprint density at radius 2 is 1.88 bits per heavy atom. The summed E-state index contributed by atoms with van der Waals surface area (Å²) in [5.74, 6) is 0. The summed E-state index contributed by atoms with van der Waals surface area (Å²) >= 11 is 0. The van der Waals surface area contributed by atoms with Crippen molar-refractivity contribution < 1.29 is 9.47 Å². The minimum absolute atomic E-state index is 0.356. The first kappa shape index (κ1) is 13.2. The van der Waals surface area contributed by atoms with Gasteiger partial charge in [-0.2, -0.15) is 0 Å². The van der Waals surface area contributed by atoms with E-state index in [0.29, 0.717) is 26.0 Å². The van der Waals surface area contributed by atoms with E-state index >= 15 is 0 Å². The van der Waals surface area contributed by atoms with E-state index in [9.17, 15) is 0 Å². The highest BCUT2D eigenvalue weighted by atomic mass is 16.7. The van der Waals surface area contributed by atoms with Crippen LogP contribution in [0.3, 0.4) is 0 Å². The number of benzene rings is 1. The first-order chi connectivity index (χ1) is 7.79. The van der Waals surface area contributed by atoms with Crippen LogP contribution >= 0.6 is 0 Å². The van der Waals surface area contributed by atoms with E-state index in [1.165, 1.54) is 5.56 Å². The summed E-state index contributed by atoms with van der Waals surface area (Å²) < 4.78 is 10.7. The van der Waals surface area contributed by atoms with E-state index in [-0.39, 0.29) is 0 Å². The molecule has 1 aromatic carbocycles. The number of hydrogen-bond donors (Lipinski definition) is 1. The molecule has 0 aliphatic rings. The number of ether oxygens (including phenoxy) is 2. The van der Waals surface area contributed by atoms with E-state index in [1.807, 2.05) is 30.3 Å². The fraction of sp³-hybridized carbons (Fsp3) is 0.538. The Kier molecular flexibility index (Phi) is 6.81. The van der Waals surface area contributed by atoms with Crippen molar-refractivity contribution in [1.82, 2.24) is 5.32 Å². The van der Waals surface area contributed by atoms with Gasteiger partial charge in [0.2, 0.25) is 0 Å². The van der Waals surface area contributed by atoms with Crippen molar-refractivity contribution in [3.05, 3.63) is 35.9 Å². The molecule has 0 bridgehead atoms. The molecular weight excluding hydrogens is 202 g/mol. The molecule has 0 atom stereocenters. The molecule has 0 unspecified atom stereocenters. The zero-order valence-electron chi connectivity index (χ0n) is 10.1. The molecule has 3 heteroatoms. The molecule has 0 aliphatic heterocycles. The van der Waals surface area contributed by atoms with E-state index in [4.69, 9.17) is 9.47 Å². The van der Waals surface area contributed by atoms with Crippen LogP contribution in [-0.4, -0.2) is 26.0 Å². The third kappa shape index (κ3) is 6.56. The standard InChI is InChI=1S/C13H21NO2/c1-12(2)14-8-9-15-11-16-10-13-6-4-3-5-7-13/h3-7,12,14H,8-11H2,1-2H3. The van der Waals surface area contributed by atoms with Gasteiger partial charge in [0.05, 0.1) is 13.2 Å². The van der Waals surface area contributed by atoms with E-state index in [1.54, 1.807) is 0 Å². The van der Waals surface area contributed by atoms with Gasteiger partial charge in [0.1, 0.15) is 6.79 Å². The highest BCUT2D eigenvalue weighted by Crippen LogP contribution is 1.99. The molecular formula is C13H21NO2. The maximum absolute atomic E-state index is 5.38. The van der Waals surface area contributed by atoms with Crippen LogP contribution in [-0.2, 0) is 16.1 Å². The molecule has 0 saturated carbocycles. The number of hydrogen-bond acceptors (Lipinski definition) is 3. The van der Waals surface area contributed by atoms with Crippen LogP contribution in [0.2, 0.25) is 0 Å². The quantitative estimate of drug-likeness (QED) is 0.541. The summed E-state index contributed by atoms with van der Waals surface area (Å²) in [4.78, 5) is 0. The van der Waals surface area contributed by atoms with Crippen LogP contribution < -0.4 is 5.32 Å². The molecule has 90 valence electrons. The van der Waals surface area contributed by atoms with Crippen molar-refractivity contribution in [2.75, 3.05) is 19.9 Å². The van der Waals surface area contributed by atoms with Crippen molar-refractivity contribution in [3.8, 4) is 0 Å². The summed E-state index contributed by atoms with van der Waals surface area (Å²) in [5, 5.41) is 3.27. The first-order valence-electron chi connectivity index (χ1n) is 5.72. The van der Waals surface area contributed by atoms with Gasteiger partial charge in [-0.15, -0.1) is 0 Å². The van der Waals surface area contributed by atoms with Crippen LogP contribution in [0.15, 0.2) is 30.3 Å². The molecule has 1 N–H and O–H groups in total. The highest BCUT2D eigenvalue weighted by molar-refractivity contribution is 5.13. The third-order valence-electron chi connectivity index (χ3n) is 2.08. The lowest BCUT2D eigenvalue weighted by atomic mass is 10.2. The summed E-state index contributed by atoms with van der Waals surface area (Å²) in [5.41, 5.74) is 1.17. The zero-order valence-corrected chi connectivity index (χ0v) is 10.1. The van der Waals surface area contributed by atoms with Gasteiger partial charge in [-0.3, -0.25) is 0 Å². The fourth-order valence-electron chi connectivity index (χ4n) is 1.27. The molecule has 0 spiro atoms. The van der Waals surface area contributed by atoms with Crippen LogP contribution in [0.4, 0.5) is 0 Å². The monoisotopic (exact) mass is 223 g/mol. The smallest absolute Gasteiger partial charge is 0.147 e. The van der Waals surface area contributed by atoms with Crippen molar-refractivity contribution in [3.63, 3.8) is 0 Å². The number of rotatable bonds is 8. The van der Waals surface area contributed by atoms with Gasteiger partial charge in [0.15, 0.2) is 0 Å². The predicted molar refractivity (Wildman–Crippen MR) is 65.2 cm³/mol. The minimum Gasteiger partial charge on any atom is -0.354 e. The van der Waals surface area contributed by atoms with E-state index in [0.717, 1.165) is 6.54 Å². The van der Waals surface area contributed by atoms with Crippen LogP contribution in [0.1, 0.15) is 19.4 Å². The summed E-state index contributed by atoms with van der Waals surface area (Å²) in [7, 11) is 0. The summed E-state index contributed by atoms with van der Waals surface area (Å²) in [6, 6.07) is 10.6. The van der Waals surface area contributed by atoms with E-state index in [2.05, 4.69) is 19.2 Å². The average Bonchev–Trinajstić information content (AvgIpc) is 2.29. The molecule has 0 saturated heterocycles. The molecule has 1 rings (SSSR count). The zero-order chi connectivity index (χ0) is 11.6. The van der Waals surface area contributed by atoms with Crippen LogP contribution in [0.25, 0.3) is 0 Å². The highest BCUT2D eigenvalue weighted by Gasteiger charge is 1.93. The first-order valence-corrected chi connectivity index (χ1v) is 5.72. The second-order valence-corrected chi connectivity index (χ2v) is 3.97. The summed E-state index contributed by atoms with van der Waals surface area (Å²) in [6.07, 6.45) is 0. The van der Waals surface area contributed by atoms with Gasteiger partial charge in [0.25, 0.3) is 0 Å². The maximum atomic E-state index is 5.38. The fourth-order valence-corrected chi connectivity index (χ4v) is 1.27. The van der Waals surface area contributed by atoms with Gasteiger partial charge in [-0.25, -0.2) is 0 Å². The molecule has 0 aliphatic carbocycles.